The summed E-state index contributed by atoms with van der Waals surface area (Å²) >= 11 is 11.0. The molecule has 30 heavy (non-hydrogen) atoms. The molecule has 0 radical (unpaired) electrons. The summed E-state index contributed by atoms with van der Waals surface area (Å²) in [5, 5.41) is 8.92. The van der Waals surface area contributed by atoms with Gasteiger partial charge in [-0.3, -0.25) is 9.78 Å². The molecule has 6 nitrogen and oxygen atoms in total. The molecule has 1 saturated heterocycles. The SMILES string of the molecule is COc1ccc(N2C(=S)N[C@H](c3ccccn3)[C@H]2c2cc(Br)cs2)cc1NC(C)=O. The summed E-state index contributed by atoms with van der Waals surface area (Å²) in [6, 6.07) is 13.4. The number of anilines is 2. The van der Waals surface area contributed by atoms with E-state index in [1.165, 1.54) is 6.92 Å². The fourth-order valence-corrected chi connectivity index (χ4v) is 5.46. The molecule has 0 unspecified atom stereocenters. The van der Waals surface area contributed by atoms with E-state index in [0.717, 1.165) is 20.7 Å². The fourth-order valence-electron chi connectivity index (χ4n) is 3.54. The van der Waals surface area contributed by atoms with Crippen molar-refractivity contribution < 1.29 is 9.53 Å². The third-order valence-electron chi connectivity index (χ3n) is 4.75. The van der Waals surface area contributed by atoms with Crippen molar-refractivity contribution in [2.75, 3.05) is 17.3 Å². The van der Waals surface area contributed by atoms with Crippen molar-refractivity contribution in [3.05, 3.63) is 69.1 Å². The number of thiophene rings is 1. The van der Waals surface area contributed by atoms with E-state index in [4.69, 9.17) is 17.0 Å². The largest absolute Gasteiger partial charge is 0.495 e. The predicted octanol–water partition coefficient (Wildman–Crippen LogP) is 5.05. The van der Waals surface area contributed by atoms with Crippen LogP contribution in [0.4, 0.5) is 11.4 Å². The lowest BCUT2D eigenvalue weighted by Gasteiger charge is -2.27. The average Bonchev–Trinajstić information content (AvgIpc) is 3.31. The molecule has 0 aliphatic carbocycles. The lowest BCUT2D eigenvalue weighted by molar-refractivity contribution is -0.114. The molecule has 0 bridgehead atoms. The molecular formula is C21H19BrN4O2S2. The van der Waals surface area contributed by atoms with E-state index < -0.39 is 0 Å². The van der Waals surface area contributed by atoms with Crippen LogP contribution in [0.5, 0.6) is 5.75 Å². The molecule has 3 heterocycles. The zero-order valence-electron chi connectivity index (χ0n) is 16.3. The van der Waals surface area contributed by atoms with E-state index in [1.807, 2.05) is 36.4 Å². The number of hydrogen-bond donors (Lipinski definition) is 2. The number of methoxy groups -OCH3 is 1. The topological polar surface area (TPSA) is 66.5 Å². The van der Waals surface area contributed by atoms with Crippen molar-refractivity contribution in [3.8, 4) is 5.75 Å². The zero-order chi connectivity index (χ0) is 21.3. The summed E-state index contributed by atoms with van der Waals surface area (Å²) < 4.78 is 6.42. The molecule has 2 N–H and O–H groups in total. The maximum atomic E-state index is 11.7. The van der Waals surface area contributed by atoms with Crippen molar-refractivity contribution in [2.24, 2.45) is 0 Å². The Kier molecular flexibility index (Phi) is 6.03. The van der Waals surface area contributed by atoms with Crippen LogP contribution in [0.2, 0.25) is 0 Å². The molecule has 154 valence electrons. The number of halogens is 1. The van der Waals surface area contributed by atoms with E-state index in [9.17, 15) is 4.79 Å². The van der Waals surface area contributed by atoms with Crippen molar-refractivity contribution >= 4 is 61.9 Å². The van der Waals surface area contributed by atoms with Crippen molar-refractivity contribution in [3.63, 3.8) is 0 Å². The highest BCUT2D eigenvalue weighted by atomic mass is 79.9. The van der Waals surface area contributed by atoms with Crippen LogP contribution in [-0.2, 0) is 4.79 Å². The first-order valence-corrected chi connectivity index (χ1v) is 11.3. The van der Waals surface area contributed by atoms with Gasteiger partial charge in [0.2, 0.25) is 5.91 Å². The number of hydrogen-bond acceptors (Lipinski definition) is 5. The summed E-state index contributed by atoms with van der Waals surface area (Å²) in [4.78, 5) is 19.4. The third kappa shape index (κ3) is 4.05. The minimum Gasteiger partial charge on any atom is -0.495 e. The molecule has 1 aliphatic rings. The Morgan fingerprint density at radius 3 is 2.80 bits per heavy atom. The first kappa shape index (κ1) is 20.8. The van der Waals surface area contributed by atoms with Crippen LogP contribution in [0.15, 0.2) is 58.5 Å². The highest BCUT2D eigenvalue weighted by Crippen LogP contribution is 2.45. The van der Waals surface area contributed by atoms with Crippen LogP contribution < -0.4 is 20.3 Å². The van der Waals surface area contributed by atoms with Gasteiger partial charge in [-0.05, 0) is 64.5 Å². The molecule has 0 spiro atoms. The Hall–Kier alpha value is -2.49. The number of aromatic nitrogens is 1. The normalized spacial score (nSPS) is 18.2. The van der Waals surface area contributed by atoms with Crippen LogP contribution in [0, 0.1) is 0 Å². The van der Waals surface area contributed by atoms with Gasteiger partial charge in [-0.15, -0.1) is 11.3 Å². The lowest BCUT2D eigenvalue weighted by atomic mass is 10.0. The smallest absolute Gasteiger partial charge is 0.221 e. The molecule has 2 aromatic heterocycles. The van der Waals surface area contributed by atoms with Gasteiger partial charge in [0.05, 0.1) is 30.6 Å². The zero-order valence-corrected chi connectivity index (χ0v) is 19.5. The van der Waals surface area contributed by atoms with Gasteiger partial charge in [0.15, 0.2) is 5.11 Å². The molecule has 4 rings (SSSR count). The maximum absolute atomic E-state index is 11.7. The van der Waals surface area contributed by atoms with Crippen LogP contribution in [0.3, 0.4) is 0 Å². The predicted molar refractivity (Wildman–Crippen MR) is 127 cm³/mol. The molecule has 1 fully saturated rings. The monoisotopic (exact) mass is 502 g/mol. The average molecular weight is 503 g/mol. The number of nitrogens with one attached hydrogen (secondary N) is 2. The minimum absolute atomic E-state index is 0.0951. The third-order valence-corrected chi connectivity index (χ3v) is 6.83. The van der Waals surface area contributed by atoms with Crippen molar-refractivity contribution in [1.82, 2.24) is 10.3 Å². The quantitative estimate of drug-likeness (QED) is 0.475. The van der Waals surface area contributed by atoms with Crippen molar-refractivity contribution in [2.45, 2.75) is 19.0 Å². The summed E-state index contributed by atoms with van der Waals surface area (Å²) in [5.74, 6) is 0.418. The number of benzene rings is 1. The molecular weight excluding hydrogens is 484 g/mol. The highest BCUT2D eigenvalue weighted by Gasteiger charge is 2.41. The van der Waals surface area contributed by atoms with Gasteiger partial charge in [0.1, 0.15) is 5.75 Å². The number of carbonyl (C=O) groups excluding carboxylic acids is 1. The second-order valence-electron chi connectivity index (χ2n) is 6.73. The van der Waals surface area contributed by atoms with Gasteiger partial charge >= 0.3 is 0 Å². The van der Waals surface area contributed by atoms with Gasteiger partial charge in [-0.1, -0.05) is 6.07 Å². The number of pyridine rings is 1. The minimum atomic E-state index is -0.169. The Morgan fingerprint density at radius 1 is 1.33 bits per heavy atom. The number of ether oxygens (including phenoxy) is 1. The Labute approximate surface area is 192 Å². The van der Waals surface area contributed by atoms with E-state index in [1.54, 1.807) is 24.6 Å². The van der Waals surface area contributed by atoms with Gasteiger partial charge < -0.3 is 20.3 Å². The van der Waals surface area contributed by atoms with Gasteiger partial charge in [-0.2, -0.15) is 0 Å². The molecule has 2 atom stereocenters. The van der Waals surface area contributed by atoms with Gasteiger partial charge in [-0.25, -0.2) is 0 Å². The van der Waals surface area contributed by atoms with Gasteiger partial charge in [0, 0.05) is 33.5 Å². The lowest BCUT2D eigenvalue weighted by Crippen LogP contribution is -2.29. The summed E-state index contributed by atoms with van der Waals surface area (Å²) in [7, 11) is 1.57. The van der Waals surface area contributed by atoms with Crippen LogP contribution in [0.25, 0.3) is 0 Å². The van der Waals surface area contributed by atoms with Crippen molar-refractivity contribution in [1.29, 1.82) is 0 Å². The van der Waals surface area contributed by atoms with Crippen LogP contribution >= 0.6 is 39.5 Å². The number of amides is 1. The molecule has 1 amide bonds. The van der Waals surface area contributed by atoms with Crippen LogP contribution in [-0.4, -0.2) is 23.1 Å². The molecule has 1 aromatic carbocycles. The molecule has 0 saturated carbocycles. The molecule has 3 aromatic rings. The molecule has 9 heteroatoms. The number of nitrogens with zero attached hydrogens (tertiary/aromatic N) is 2. The maximum Gasteiger partial charge on any atom is 0.221 e. The number of rotatable bonds is 5. The fraction of sp³-hybridized carbons (Fsp3) is 0.190. The van der Waals surface area contributed by atoms with E-state index in [-0.39, 0.29) is 18.0 Å². The molecule has 1 aliphatic heterocycles. The Balaban J connectivity index is 1.81. The Bertz CT molecular complexity index is 1090. The summed E-state index contributed by atoms with van der Waals surface area (Å²) in [6.45, 7) is 1.47. The summed E-state index contributed by atoms with van der Waals surface area (Å²) in [6.07, 6.45) is 1.78. The second kappa shape index (κ2) is 8.71. The number of carbonyl (C=O) groups is 1. The number of thiocarbonyl (C=S) groups is 1. The van der Waals surface area contributed by atoms with E-state index in [0.29, 0.717) is 16.5 Å². The highest BCUT2D eigenvalue weighted by molar-refractivity contribution is 9.10. The van der Waals surface area contributed by atoms with E-state index >= 15 is 0 Å². The van der Waals surface area contributed by atoms with E-state index in [2.05, 4.69) is 47.9 Å². The van der Waals surface area contributed by atoms with Crippen LogP contribution in [0.1, 0.15) is 29.6 Å². The first-order chi connectivity index (χ1) is 14.5. The van der Waals surface area contributed by atoms with Gasteiger partial charge in [0.25, 0.3) is 0 Å². The Morgan fingerprint density at radius 2 is 2.17 bits per heavy atom. The second-order valence-corrected chi connectivity index (χ2v) is 8.97. The summed E-state index contributed by atoms with van der Waals surface area (Å²) in [5.41, 5.74) is 2.36. The first-order valence-electron chi connectivity index (χ1n) is 9.18. The standard InChI is InChI=1S/C21H19BrN4O2S2/c1-12(27)24-16-10-14(6-7-17(16)28-2)26-20(18-9-13(22)11-30-18)19(25-21(26)29)15-5-3-4-8-23-15/h3-11,19-20H,1-2H3,(H,24,27)(H,25,29)/t19-,20-/m1/s1.